The van der Waals surface area contributed by atoms with Gasteiger partial charge in [0.2, 0.25) is 0 Å². The zero-order valence-corrected chi connectivity index (χ0v) is 7.96. The molecule has 1 unspecified atom stereocenters. The highest BCUT2D eigenvalue weighted by molar-refractivity contribution is 5.23. The SMILES string of the molecule is C=NN(C)C(=C)C(C)C(C)C. The first-order chi connectivity index (χ1) is 5.00. The topological polar surface area (TPSA) is 15.6 Å². The van der Waals surface area contributed by atoms with Crippen LogP contribution in [0.25, 0.3) is 0 Å². The summed E-state index contributed by atoms with van der Waals surface area (Å²) in [6, 6.07) is 0. The standard InChI is InChI=1S/C9H18N2/c1-7(2)8(3)9(4)11(6)10-5/h7-8H,4-5H2,1-3,6H3. The van der Waals surface area contributed by atoms with Crippen molar-refractivity contribution in [3.05, 3.63) is 12.3 Å². The van der Waals surface area contributed by atoms with Crippen molar-refractivity contribution in [2.45, 2.75) is 20.8 Å². The fraction of sp³-hybridized carbons (Fsp3) is 0.667. The third-order valence-electron chi connectivity index (χ3n) is 2.15. The van der Waals surface area contributed by atoms with Crippen LogP contribution in [0.2, 0.25) is 0 Å². The lowest BCUT2D eigenvalue weighted by molar-refractivity contribution is 0.341. The van der Waals surface area contributed by atoms with Gasteiger partial charge in [-0.3, -0.25) is 5.01 Å². The van der Waals surface area contributed by atoms with E-state index < -0.39 is 0 Å². The highest BCUT2D eigenvalue weighted by Gasteiger charge is 2.13. The second-order valence-corrected chi connectivity index (χ2v) is 3.19. The Morgan fingerprint density at radius 3 is 2.09 bits per heavy atom. The van der Waals surface area contributed by atoms with E-state index in [-0.39, 0.29) is 0 Å². The summed E-state index contributed by atoms with van der Waals surface area (Å²) in [7, 11) is 1.87. The Kier molecular flexibility index (Phi) is 3.86. The van der Waals surface area contributed by atoms with Gasteiger partial charge in [0, 0.05) is 19.5 Å². The summed E-state index contributed by atoms with van der Waals surface area (Å²) in [5, 5.41) is 5.50. The zero-order chi connectivity index (χ0) is 9.02. The van der Waals surface area contributed by atoms with Crippen molar-refractivity contribution in [1.29, 1.82) is 0 Å². The molecule has 0 rings (SSSR count). The van der Waals surface area contributed by atoms with E-state index in [0.717, 1.165) is 5.70 Å². The predicted octanol–water partition coefficient (Wildman–Crippen LogP) is 2.34. The molecule has 0 saturated carbocycles. The fourth-order valence-electron chi connectivity index (χ4n) is 0.770. The molecule has 0 aromatic rings. The molecule has 0 fully saturated rings. The summed E-state index contributed by atoms with van der Waals surface area (Å²) in [5.41, 5.74) is 1.02. The molecule has 0 saturated heterocycles. The first-order valence-electron chi connectivity index (χ1n) is 3.89. The molecule has 0 aliphatic heterocycles. The molecule has 2 heteroatoms. The number of hydrazone groups is 1. The van der Waals surface area contributed by atoms with Gasteiger partial charge in [0.25, 0.3) is 0 Å². The Balaban J connectivity index is 4.12. The number of allylic oxidation sites excluding steroid dienone is 1. The van der Waals surface area contributed by atoms with Gasteiger partial charge in [-0.1, -0.05) is 27.4 Å². The lowest BCUT2D eigenvalue weighted by Crippen LogP contribution is -2.18. The minimum absolute atomic E-state index is 0.463. The third kappa shape index (κ3) is 2.74. The summed E-state index contributed by atoms with van der Waals surface area (Å²) in [6.45, 7) is 13.9. The minimum atomic E-state index is 0.463. The third-order valence-corrected chi connectivity index (χ3v) is 2.15. The summed E-state index contributed by atoms with van der Waals surface area (Å²) < 4.78 is 0. The van der Waals surface area contributed by atoms with Crippen LogP contribution in [0, 0.1) is 11.8 Å². The van der Waals surface area contributed by atoms with E-state index in [0.29, 0.717) is 11.8 Å². The summed E-state index contributed by atoms with van der Waals surface area (Å²) in [4.78, 5) is 0. The van der Waals surface area contributed by atoms with Crippen molar-refractivity contribution in [2.75, 3.05) is 7.05 Å². The van der Waals surface area contributed by atoms with E-state index >= 15 is 0 Å². The van der Waals surface area contributed by atoms with Crippen LogP contribution < -0.4 is 0 Å². The molecule has 0 radical (unpaired) electrons. The molecule has 11 heavy (non-hydrogen) atoms. The molecule has 0 aliphatic carbocycles. The average molecular weight is 154 g/mol. The van der Waals surface area contributed by atoms with Crippen LogP contribution in [0.3, 0.4) is 0 Å². The van der Waals surface area contributed by atoms with Crippen LogP contribution in [0.1, 0.15) is 20.8 Å². The Labute approximate surface area is 69.6 Å². The first-order valence-corrected chi connectivity index (χ1v) is 3.89. The monoisotopic (exact) mass is 154 g/mol. The Bertz CT molecular complexity index is 150. The molecular weight excluding hydrogens is 136 g/mol. The van der Waals surface area contributed by atoms with E-state index in [4.69, 9.17) is 0 Å². The van der Waals surface area contributed by atoms with E-state index in [1.807, 2.05) is 7.05 Å². The van der Waals surface area contributed by atoms with Gasteiger partial charge in [-0.05, 0) is 11.8 Å². The van der Waals surface area contributed by atoms with Gasteiger partial charge in [-0.25, -0.2) is 0 Å². The van der Waals surface area contributed by atoms with Crippen LogP contribution in [-0.2, 0) is 0 Å². The molecule has 0 aromatic carbocycles. The van der Waals surface area contributed by atoms with Crippen LogP contribution >= 0.6 is 0 Å². The van der Waals surface area contributed by atoms with Gasteiger partial charge < -0.3 is 0 Å². The normalized spacial score (nSPS) is 12.8. The van der Waals surface area contributed by atoms with Crippen molar-refractivity contribution < 1.29 is 0 Å². The van der Waals surface area contributed by atoms with Gasteiger partial charge in [0.1, 0.15) is 0 Å². The van der Waals surface area contributed by atoms with Crippen molar-refractivity contribution in [3.63, 3.8) is 0 Å². The summed E-state index contributed by atoms with van der Waals surface area (Å²) in [5.74, 6) is 1.07. The Morgan fingerprint density at radius 1 is 1.36 bits per heavy atom. The molecule has 0 N–H and O–H groups in total. The van der Waals surface area contributed by atoms with Gasteiger partial charge in [-0.2, -0.15) is 5.10 Å². The van der Waals surface area contributed by atoms with Gasteiger partial charge in [-0.15, -0.1) is 0 Å². The van der Waals surface area contributed by atoms with Crippen LogP contribution in [0.5, 0.6) is 0 Å². The molecule has 1 atom stereocenters. The van der Waals surface area contributed by atoms with Crippen molar-refractivity contribution in [2.24, 2.45) is 16.9 Å². The zero-order valence-electron chi connectivity index (χ0n) is 7.96. The number of nitrogens with zero attached hydrogens (tertiary/aromatic N) is 2. The van der Waals surface area contributed by atoms with Crippen LogP contribution in [0.4, 0.5) is 0 Å². The van der Waals surface area contributed by atoms with Crippen LogP contribution in [-0.4, -0.2) is 18.8 Å². The largest absolute Gasteiger partial charge is 0.274 e. The second-order valence-electron chi connectivity index (χ2n) is 3.19. The molecule has 0 spiro atoms. The quantitative estimate of drug-likeness (QED) is 0.448. The maximum atomic E-state index is 3.94. The predicted molar refractivity (Wildman–Crippen MR) is 50.5 cm³/mol. The van der Waals surface area contributed by atoms with Crippen molar-refractivity contribution >= 4 is 6.72 Å². The van der Waals surface area contributed by atoms with Crippen molar-refractivity contribution in [3.8, 4) is 0 Å². The first kappa shape index (κ1) is 10.2. The lowest BCUT2D eigenvalue weighted by Gasteiger charge is -2.23. The van der Waals surface area contributed by atoms with Crippen LogP contribution in [0.15, 0.2) is 17.4 Å². The molecule has 0 bridgehead atoms. The summed E-state index contributed by atoms with van der Waals surface area (Å²) >= 11 is 0. The van der Waals surface area contributed by atoms with E-state index in [1.165, 1.54) is 0 Å². The number of hydrogen-bond acceptors (Lipinski definition) is 2. The molecule has 0 aliphatic rings. The Hall–Kier alpha value is -0.790. The maximum absolute atomic E-state index is 3.94. The molecule has 0 amide bonds. The lowest BCUT2D eigenvalue weighted by atomic mass is 9.95. The summed E-state index contributed by atoms with van der Waals surface area (Å²) in [6.07, 6.45) is 0. The highest BCUT2D eigenvalue weighted by Crippen LogP contribution is 2.20. The van der Waals surface area contributed by atoms with Gasteiger partial charge in [0.05, 0.1) is 0 Å². The highest BCUT2D eigenvalue weighted by atomic mass is 15.4. The Morgan fingerprint density at radius 2 is 1.82 bits per heavy atom. The number of rotatable bonds is 4. The van der Waals surface area contributed by atoms with E-state index in [9.17, 15) is 0 Å². The number of hydrogen-bond donors (Lipinski definition) is 0. The molecule has 64 valence electrons. The maximum Gasteiger partial charge on any atom is 0.0323 e. The molecule has 0 aromatic heterocycles. The fourth-order valence-corrected chi connectivity index (χ4v) is 0.770. The average Bonchev–Trinajstić information content (AvgIpc) is 2.00. The molecular formula is C9H18N2. The van der Waals surface area contributed by atoms with Gasteiger partial charge >= 0.3 is 0 Å². The van der Waals surface area contributed by atoms with Gasteiger partial charge in [0.15, 0.2) is 0 Å². The van der Waals surface area contributed by atoms with E-state index in [1.54, 1.807) is 5.01 Å². The second kappa shape index (κ2) is 4.16. The minimum Gasteiger partial charge on any atom is -0.274 e. The van der Waals surface area contributed by atoms with E-state index in [2.05, 4.69) is 39.2 Å². The molecule has 0 heterocycles. The smallest absolute Gasteiger partial charge is 0.0323 e. The van der Waals surface area contributed by atoms with Crippen molar-refractivity contribution in [1.82, 2.24) is 5.01 Å². The molecule has 2 nitrogen and oxygen atoms in total.